The van der Waals surface area contributed by atoms with Crippen LogP contribution < -0.4 is 5.73 Å². The number of nitrogens with two attached hydrogens (primary N) is 1. The van der Waals surface area contributed by atoms with E-state index < -0.39 is 11.6 Å². The van der Waals surface area contributed by atoms with E-state index >= 15 is 0 Å². The zero-order chi connectivity index (χ0) is 11.5. The van der Waals surface area contributed by atoms with Gasteiger partial charge in [-0.15, -0.1) is 0 Å². The van der Waals surface area contributed by atoms with Crippen molar-refractivity contribution in [1.82, 2.24) is 4.90 Å². The van der Waals surface area contributed by atoms with Crippen LogP contribution in [0.4, 0.5) is 4.79 Å². The highest BCUT2D eigenvalue weighted by atomic mass is 16.4. The average Bonchev–Trinajstić information content (AvgIpc) is 1.95. The van der Waals surface area contributed by atoms with E-state index in [1.54, 1.807) is 0 Å². The first-order valence-corrected chi connectivity index (χ1v) is 4.94. The van der Waals surface area contributed by atoms with Crippen LogP contribution in [-0.2, 0) is 0 Å². The number of nitrogens with zero attached hydrogens (tertiary/aromatic N) is 1. The van der Waals surface area contributed by atoms with Crippen LogP contribution in [0, 0.1) is 5.92 Å². The molecule has 84 valence electrons. The lowest BCUT2D eigenvalue weighted by molar-refractivity contribution is 0.0571. The van der Waals surface area contributed by atoms with Crippen LogP contribution in [0.15, 0.2) is 0 Å². The van der Waals surface area contributed by atoms with Crippen molar-refractivity contribution >= 4 is 6.09 Å². The molecule has 4 nitrogen and oxygen atoms in total. The van der Waals surface area contributed by atoms with Crippen molar-refractivity contribution in [1.29, 1.82) is 0 Å². The van der Waals surface area contributed by atoms with Gasteiger partial charge in [0.2, 0.25) is 0 Å². The maximum absolute atomic E-state index is 11.1. The van der Waals surface area contributed by atoms with E-state index in [9.17, 15) is 4.79 Å². The van der Waals surface area contributed by atoms with Crippen molar-refractivity contribution in [2.45, 2.75) is 46.2 Å². The fraction of sp³-hybridized carbons (Fsp3) is 0.900. The van der Waals surface area contributed by atoms with E-state index in [1.165, 1.54) is 4.90 Å². The number of hydrogen-bond acceptors (Lipinski definition) is 2. The van der Waals surface area contributed by atoms with Gasteiger partial charge in [-0.2, -0.15) is 0 Å². The second kappa shape index (κ2) is 4.64. The summed E-state index contributed by atoms with van der Waals surface area (Å²) in [5.41, 5.74) is 5.20. The lowest BCUT2D eigenvalue weighted by Crippen LogP contribution is -2.55. The van der Waals surface area contributed by atoms with E-state index in [-0.39, 0.29) is 12.0 Å². The fourth-order valence-electron chi connectivity index (χ4n) is 1.60. The summed E-state index contributed by atoms with van der Waals surface area (Å²) in [7, 11) is 0. The molecule has 0 rings (SSSR count). The number of carbonyl (C=O) groups is 1. The maximum atomic E-state index is 11.1. The number of rotatable bonds is 3. The summed E-state index contributed by atoms with van der Waals surface area (Å²) in [5, 5.41) is 9.13. The maximum Gasteiger partial charge on any atom is 0.408 e. The summed E-state index contributed by atoms with van der Waals surface area (Å²) in [5.74, 6) is 0.232. The van der Waals surface area contributed by atoms with Crippen molar-refractivity contribution < 1.29 is 9.90 Å². The highest BCUT2D eigenvalue weighted by molar-refractivity contribution is 5.66. The summed E-state index contributed by atoms with van der Waals surface area (Å²) >= 11 is 0. The van der Waals surface area contributed by atoms with E-state index in [0.717, 1.165) is 0 Å². The summed E-state index contributed by atoms with van der Waals surface area (Å²) in [6.45, 7) is 9.98. The Kier molecular flexibility index (Phi) is 4.39. The summed E-state index contributed by atoms with van der Waals surface area (Å²) < 4.78 is 0. The van der Waals surface area contributed by atoms with Gasteiger partial charge in [0.15, 0.2) is 0 Å². The molecule has 0 aliphatic heterocycles. The molecule has 0 aromatic heterocycles. The van der Waals surface area contributed by atoms with E-state index in [4.69, 9.17) is 10.8 Å². The Balaban J connectivity index is 4.89. The molecule has 0 aliphatic rings. The fourth-order valence-corrected chi connectivity index (χ4v) is 1.60. The van der Waals surface area contributed by atoms with Gasteiger partial charge in [0.1, 0.15) is 0 Å². The summed E-state index contributed by atoms with van der Waals surface area (Å²) in [4.78, 5) is 12.6. The third kappa shape index (κ3) is 3.18. The standard InChI is InChI=1S/C10H22N2O2/c1-7(2)8(6-11)12(9(13)14)10(3,4)5/h7-8H,6,11H2,1-5H3,(H,13,14). The molecule has 0 fully saturated rings. The Morgan fingerprint density at radius 3 is 1.93 bits per heavy atom. The smallest absolute Gasteiger partial charge is 0.408 e. The Labute approximate surface area is 86.1 Å². The lowest BCUT2D eigenvalue weighted by atomic mass is 9.96. The topological polar surface area (TPSA) is 66.6 Å². The van der Waals surface area contributed by atoms with Crippen molar-refractivity contribution in [3.05, 3.63) is 0 Å². The molecule has 0 saturated heterocycles. The molecule has 0 radical (unpaired) electrons. The minimum atomic E-state index is -0.901. The minimum Gasteiger partial charge on any atom is -0.465 e. The van der Waals surface area contributed by atoms with Crippen LogP contribution >= 0.6 is 0 Å². The van der Waals surface area contributed by atoms with E-state index in [2.05, 4.69) is 0 Å². The van der Waals surface area contributed by atoms with Crippen LogP contribution in [0.25, 0.3) is 0 Å². The molecule has 0 bridgehead atoms. The molecule has 0 aromatic carbocycles. The van der Waals surface area contributed by atoms with Crippen LogP contribution in [-0.4, -0.2) is 34.2 Å². The Hall–Kier alpha value is -0.770. The van der Waals surface area contributed by atoms with E-state index in [1.807, 2.05) is 34.6 Å². The van der Waals surface area contributed by atoms with Gasteiger partial charge in [0.25, 0.3) is 0 Å². The van der Waals surface area contributed by atoms with Crippen molar-refractivity contribution in [2.75, 3.05) is 6.54 Å². The first kappa shape index (κ1) is 13.2. The minimum absolute atomic E-state index is 0.118. The average molecular weight is 202 g/mol. The first-order valence-electron chi connectivity index (χ1n) is 4.94. The van der Waals surface area contributed by atoms with Crippen LogP contribution in [0.3, 0.4) is 0 Å². The van der Waals surface area contributed by atoms with Crippen molar-refractivity contribution in [3.63, 3.8) is 0 Å². The predicted octanol–water partition coefficient (Wildman–Crippen LogP) is 1.75. The second-order valence-electron chi connectivity index (χ2n) is 4.87. The van der Waals surface area contributed by atoms with Crippen LogP contribution in [0.5, 0.6) is 0 Å². The number of hydrogen-bond donors (Lipinski definition) is 2. The highest BCUT2D eigenvalue weighted by Crippen LogP contribution is 2.21. The largest absolute Gasteiger partial charge is 0.465 e. The molecule has 1 atom stereocenters. The molecule has 0 spiro atoms. The third-order valence-electron chi connectivity index (χ3n) is 2.27. The second-order valence-corrected chi connectivity index (χ2v) is 4.87. The Morgan fingerprint density at radius 2 is 1.86 bits per heavy atom. The number of carboxylic acid groups (broad SMARTS) is 1. The van der Waals surface area contributed by atoms with Gasteiger partial charge in [-0.05, 0) is 26.7 Å². The molecule has 0 aromatic rings. The van der Waals surface area contributed by atoms with Gasteiger partial charge < -0.3 is 10.8 Å². The predicted molar refractivity (Wildman–Crippen MR) is 57.3 cm³/mol. The molecule has 14 heavy (non-hydrogen) atoms. The molecule has 0 saturated carbocycles. The van der Waals surface area contributed by atoms with Gasteiger partial charge >= 0.3 is 6.09 Å². The van der Waals surface area contributed by atoms with Gasteiger partial charge in [-0.1, -0.05) is 13.8 Å². The molecule has 1 unspecified atom stereocenters. The van der Waals surface area contributed by atoms with Crippen molar-refractivity contribution in [2.24, 2.45) is 11.7 Å². The molecule has 0 aliphatic carbocycles. The molecular formula is C10H22N2O2. The van der Waals surface area contributed by atoms with Gasteiger partial charge in [-0.25, -0.2) is 4.79 Å². The number of amides is 1. The molecule has 1 amide bonds. The quantitative estimate of drug-likeness (QED) is 0.732. The molecule has 3 N–H and O–H groups in total. The highest BCUT2D eigenvalue weighted by Gasteiger charge is 2.33. The summed E-state index contributed by atoms with van der Waals surface area (Å²) in [6, 6.07) is -0.118. The van der Waals surface area contributed by atoms with Gasteiger partial charge in [0.05, 0.1) is 6.04 Å². The summed E-state index contributed by atoms with van der Waals surface area (Å²) in [6.07, 6.45) is -0.901. The van der Waals surface area contributed by atoms with E-state index in [0.29, 0.717) is 6.54 Å². The van der Waals surface area contributed by atoms with Crippen LogP contribution in [0.2, 0.25) is 0 Å². The van der Waals surface area contributed by atoms with Crippen molar-refractivity contribution in [3.8, 4) is 0 Å². The molecular weight excluding hydrogens is 180 g/mol. The molecule has 0 heterocycles. The Bertz CT molecular complexity index is 197. The normalized spacial score (nSPS) is 14.2. The van der Waals surface area contributed by atoms with Gasteiger partial charge in [0, 0.05) is 12.1 Å². The monoisotopic (exact) mass is 202 g/mol. The zero-order valence-corrected chi connectivity index (χ0v) is 9.74. The Morgan fingerprint density at radius 1 is 1.43 bits per heavy atom. The third-order valence-corrected chi connectivity index (χ3v) is 2.27. The zero-order valence-electron chi connectivity index (χ0n) is 9.74. The lowest BCUT2D eigenvalue weighted by Gasteiger charge is -2.41. The SMILES string of the molecule is CC(C)C(CN)N(C(=O)O)C(C)(C)C. The van der Waals surface area contributed by atoms with Gasteiger partial charge in [-0.3, -0.25) is 4.90 Å². The first-order chi connectivity index (χ1) is 6.21. The van der Waals surface area contributed by atoms with Crippen LogP contribution in [0.1, 0.15) is 34.6 Å². The molecule has 4 heteroatoms.